The van der Waals surface area contributed by atoms with E-state index in [-0.39, 0.29) is 6.54 Å². The number of benzene rings is 1. The van der Waals surface area contributed by atoms with E-state index in [0.29, 0.717) is 5.75 Å². The maximum Gasteiger partial charge on any atom is 0.333 e. The number of nitrogens with one attached hydrogen (secondary N) is 1. The van der Waals surface area contributed by atoms with Crippen LogP contribution in [-0.2, 0) is 10.3 Å². The van der Waals surface area contributed by atoms with E-state index in [4.69, 9.17) is 9.66 Å². The van der Waals surface area contributed by atoms with Crippen LogP contribution in [0.25, 0.3) is 0 Å². The van der Waals surface area contributed by atoms with Crippen molar-refractivity contribution in [3.05, 3.63) is 30.3 Å². The van der Waals surface area contributed by atoms with Gasteiger partial charge in [0.25, 0.3) is 0 Å². The molecule has 0 atom stereocenters. The number of hydrogen-bond acceptors (Lipinski definition) is 3. The van der Waals surface area contributed by atoms with Crippen LogP contribution in [0.5, 0.6) is 5.75 Å². The minimum atomic E-state index is -3.92. The first-order valence-corrected chi connectivity index (χ1v) is 5.36. The zero-order chi connectivity index (χ0) is 11.0. The van der Waals surface area contributed by atoms with E-state index >= 15 is 0 Å². The maximum atomic E-state index is 9.68. The lowest BCUT2D eigenvalue weighted by Crippen LogP contribution is -2.21. The number of hydrogen-bond donors (Lipinski definition) is 3. The van der Waals surface area contributed by atoms with E-state index in [9.17, 15) is 8.42 Å². The molecule has 1 aromatic rings. The molecule has 1 aromatic carbocycles. The Balaban J connectivity index is 0.000000241. The molecular formula is C8H13NO4S. The van der Waals surface area contributed by atoms with Crippen molar-refractivity contribution in [2.45, 2.75) is 6.92 Å². The molecule has 0 aliphatic heterocycles. The summed E-state index contributed by atoms with van der Waals surface area (Å²) >= 11 is 0. The standard InChI is InChI=1S/C6H6O.C2H7NO3S/c7-6-4-2-1-3-5-6;1-2-3-7(4,5)6/h1-5,7H;3H,2H2,1H3,(H,4,5,6). The fourth-order valence-electron chi connectivity index (χ4n) is 0.610. The molecular weight excluding hydrogens is 206 g/mol. The molecule has 0 amide bonds. The summed E-state index contributed by atoms with van der Waals surface area (Å²) in [6.45, 7) is 1.80. The topological polar surface area (TPSA) is 86.6 Å². The molecule has 0 heterocycles. The molecule has 0 aliphatic carbocycles. The van der Waals surface area contributed by atoms with E-state index in [1.807, 2.05) is 10.8 Å². The molecule has 0 aliphatic rings. The number of phenols is 1. The first-order chi connectivity index (χ1) is 6.45. The van der Waals surface area contributed by atoms with Gasteiger partial charge in [0.2, 0.25) is 0 Å². The summed E-state index contributed by atoms with van der Waals surface area (Å²) in [5.74, 6) is 0.322. The van der Waals surface area contributed by atoms with Crippen molar-refractivity contribution in [2.75, 3.05) is 6.54 Å². The number of aromatic hydroxyl groups is 1. The first kappa shape index (κ1) is 12.9. The molecule has 0 saturated heterocycles. The van der Waals surface area contributed by atoms with Crippen LogP contribution in [0, 0.1) is 0 Å². The molecule has 0 fully saturated rings. The van der Waals surface area contributed by atoms with Gasteiger partial charge in [-0.2, -0.15) is 13.1 Å². The minimum absolute atomic E-state index is 0.221. The predicted octanol–water partition coefficient (Wildman–Crippen LogP) is 0.791. The van der Waals surface area contributed by atoms with Crippen LogP contribution in [0.2, 0.25) is 0 Å². The summed E-state index contributed by atoms with van der Waals surface area (Å²) in [5, 5.41) is 8.63. The van der Waals surface area contributed by atoms with Gasteiger partial charge in [-0.15, -0.1) is 0 Å². The van der Waals surface area contributed by atoms with Gasteiger partial charge >= 0.3 is 10.3 Å². The molecule has 0 aromatic heterocycles. The van der Waals surface area contributed by atoms with E-state index < -0.39 is 10.3 Å². The molecule has 0 bridgehead atoms. The number of phenolic OH excluding ortho intramolecular Hbond substituents is 1. The average molecular weight is 219 g/mol. The molecule has 5 nitrogen and oxygen atoms in total. The van der Waals surface area contributed by atoms with Crippen molar-refractivity contribution in [1.82, 2.24) is 4.72 Å². The van der Waals surface area contributed by atoms with Gasteiger partial charge in [0.1, 0.15) is 5.75 Å². The lowest BCUT2D eigenvalue weighted by Gasteiger charge is -1.90. The number of rotatable bonds is 2. The quantitative estimate of drug-likeness (QED) is 0.642. The van der Waals surface area contributed by atoms with Gasteiger partial charge in [0, 0.05) is 6.54 Å². The second-order valence-corrected chi connectivity index (χ2v) is 3.55. The van der Waals surface area contributed by atoms with E-state index in [1.54, 1.807) is 31.2 Å². The molecule has 14 heavy (non-hydrogen) atoms. The molecule has 80 valence electrons. The van der Waals surface area contributed by atoms with Crippen LogP contribution < -0.4 is 4.72 Å². The Hall–Kier alpha value is -1.11. The van der Waals surface area contributed by atoms with Gasteiger partial charge in [0.05, 0.1) is 0 Å². The second kappa shape index (κ2) is 6.36. The third-order valence-corrected chi connectivity index (χ3v) is 1.74. The van der Waals surface area contributed by atoms with Gasteiger partial charge in [-0.05, 0) is 12.1 Å². The summed E-state index contributed by atoms with van der Waals surface area (Å²) < 4.78 is 29.0. The summed E-state index contributed by atoms with van der Waals surface area (Å²) in [6, 6.07) is 8.71. The van der Waals surface area contributed by atoms with Gasteiger partial charge in [-0.1, -0.05) is 25.1 Å². The van der Waals surface area contributed by atoms with Crippen LogP contribution in [0.15, 0.2) is 30.3 Å². The Kier molecular flexibility index (Phi) is 5.86. The highest BCUT2D eigenvalue weighted by molar-refractivity contribution is 7.83. The second-order valence-electron chi connectivity index (χ2n) is 2.31. The normalized spacial score (nSPS) is 10.1. The molecule has 0 saturated carbocycles. The SMILES string of the molecule is CCNS(=O)(=O)O.Oc1ccccc1. The van der Waals surface area contributed by atoms with Gasteiger partial charge < -0.3 is 5.11 Å². The highest BCUT2D eigenvalue weighted by atomic mass is 32.2. The Bertz CT molecular complexity index is 336. The lowest BCUT2D eigenvalue weighted by molar-refractivity contribution is 0.469. The lowest BCUT2D eigenvalue weighted by atomic mass is 10.3. The van der Waals surface area contributed by atoms with Crippen molar-refractivity contribution in [1.29, 1.82) is 0 Å². The van der Waals surface area contributed by atoms with Crippen LogP contribution in [0.3, 0.4) is 0 Å². The zero-order valence-corrected chi connectivity index (χ0v) is 8.53. The van der Waals surface area contributed by atoms with Crippen molar-refractivity contribution in [3.63, 3.8) is 0 Å². The van der Waals surface area contributed by atoms with Crippen molar-refractivity contribution in [3.8, 4) is 5.75 Å². The maximum absolute atomic E-state index is 9.68. The third-order valence-electron chi connectivity index (χ3n) is 1.08. The molecule has 0 spiro atoms. The fourth-order valence-corrected chi connectivity index (χ4v) is 0.975. The minimum Gasteiger partial charge on any atom is -0.508 e. The van der Waals surface area contributed by atoms with Crippen LogP contribution in [0.1, 0.15) is 6.92 Å². The summed E-state index contributed by atoms with van der Waals surface area (Å²) in [5.41, 5.74) is 0. The Morgan fingerprint density at radius 3 is 1.93 bits per heavy atom. The van der Waals surface area contributed by atoms with Gasteiger partial charge in [-0.25, -0.2) is 0 Å². The fraction of sp³-hybridized carbons (Fsp3) is 0.250. The largest absolute Gasteiger partial charge is 0.508 e. The average Bonchev–Trinajstić information content (AvgIpc) is 2.04. The van der Waals surface area contributed by atoms with Crippen LogP contribution >= 0.6 is 0 Å². The van der Waals surface area contributed by atoms with E-state index in [2.05, 4.69) is 0 Å². The molecule has 1 rings (SSSR count). The zero-order valence-electron chi connectivity index (χ0n) is 7.71. The summed E-state index contributed by atoms with van der Waals surface area (Å²) in [6.07, 6.45) is 0. The van der Waals surface area contributed by atoms with Gasteiger partial charge in [-0.3, -0.25) is 4.55 Å². The Morgan fingerprint density at radius 1 is 1.29 bits per heavy atom. The molecule has 6 heteroatoms. The van der Waals surface area contributed by atoms with E-state index in [1.165, 1.54) is 0 Å². The Labute approximate surface area is 83.3 Å². The first-order valence-electron chi connectivity index (χ1n) is 3.91. The molecule has 3 N–H and O–H groups in total. The highest BCUT2D eigenvalue weighted by Gasteiger charge is 1.95. The highest BCUT2D eigenvalue weighted by Crippen LogP contribution is 2.02. The number of para-hydroxylation sites is 1. The monoisotopic (exact) mass is 219 g/mol. The van der Waals surface area contributed by atoms with E-state index in [0.717, 1.165) is 0 Å². The smallest absolute Gasteiger partial charge is 0.333 e. The Morgan fingerprint density at radius 2 is 1.79 bits per heavy atom. The van der Waals surface area contributed by atoms with Crippen molar-refractivity contribution >= 4 is 10.3 Å². The van der Waals surface area contributed by atoms with Gasteiger partial charge in [0.15, 0.2) is 0 Å². The molecule has 0 unspecified atom stereocenters. The summed E-state index contributed by atoms with van der Waals surface area (Å²) in [4.78, 5) is 0. The van der Waals surface area contributed by atoms with Crippen molar-refractivity contribution in [2.24, 2.45) is 0 Å². The van der Waals surface area contributed by atoms with Crippen LogP contribution in [0.4, 0.5) is 0 Å². The predicted molar refractivity (Wildman–Crippen MR) is 53.3 cm³/mol. The molecule has 0 radical (unpaired) electrons. The van der Waals surface area contributed by atoms with Crippen LogP contribution in [-0.4, -0.2) is 24.6 Å². The van der Waals surface area contributed by atoms with Crippen molar-refractivity contribution < 1.29 is 18.1 Å². The third kappa shape index (κ3) is 8.98. The summed E-state index contributed by atoms with van der Waals surface area (Å²) in [7, 11) is -3.92.